The van der Waals surface area contributed by atoms with Crippen molar-refractivity contribution in [3.63, 3.8) is 0 Å². The molecule has 2 saturated heterocycles. The molecule has 0 aromatic rings. The van der Waals surface area contributed by atoms with Crippen LogP contribution >= 0.6 is 0 Å². The molecule has 0 saturated carbocycles. The first-order chi connectivity index (χ1) is 6.65. The predicted octanol–water partition coefficient (Wildman–Crippen LogP) is 0.846. The van der Waals surface area contributed by atoms with Crippen LogP contribution in [-0.2, 0) is 4.74 Å². The zero-order chi connectivity index (χ0) is 10.1. The van der Waals surface area contributed by atoms with Gasteiger partial charge in [-0.3, -0.25) is 0 Å². The molecule has 2 aliphatic rings. The van der Waals surface area contributed by atoms with Gasteiger partial charge in [-0.1, -0.05) is 0 Å². The number of nitrogens with one attached hydrogen (secondary N) is 1. The van der Waals surface area contributed by atoms with Gasteiger partial charge in [-0.2, -0.15) is 0 Å². The molecule has 2 rings (SSSR count). The van der Waals surface area contributed by atoms with Gasteiger partial charge >= 0.3 is 0 Å². The van der Waals surface area contributed by atoms with Crippen molar-refractivity contribution in [3.8, 4) is 0 Å². The Morgan fingerprint density at radius 3 is 2.64 bits per heavy atom. The molecule has 2 fully saturated rings. The van der Waals surface area contributed by atoms with Gasteiger partial charge in [-0.05, 0) is 40.3 Å². The quantitative estimate of drug-likeness (QED) is 0.712. The van der Waals surface area contributed by atoms with E-state index in [1.807, 2.05) is 0 Å². The molecular weight excluding hydrogens is 176 g/mol. The van der Waals surface area contributed by atoms with Crippen molar-refractivity contribution in [1.29, 1.82) is 0 Å². The van der Waals surface area contributed by atoms with Crippen molar-refractivity contribution < 1.29 is 4.74 Å². The van der Waals surface area contributed by atoms with E-state index < -0.39 is 0 Å². The number of rotatable bonds is 2. The van der Waals surface area contributed by atoms with Crippen LogP contribution in [0.4, 0.5) is 0 Å². The lowest BCUT2D eigenvalue weighted by molar-refractivity contribution is 0.0596. The first-order valence-electron chi connectivity index (χ1n) is 5.75. The Morgan fingerprint density at radius 2 is 2.14 bits per heavy atom. The number of hydrogen-bond donors (Lipinski definition) is 1. The van der Waals surface area contributed by atoms with Crippen molar-refractivity contribution in [2.75, 3.05) is 20.1 Å². The molecule has 2 aliphatic heterocycles. The Hall–Kier alpha value is -0.120. The first-order valence-corrected chi connectivity index (χ1v) is 5.75. The second kappa shape index (κ2) is 4.17. The predicted molar refractivity (Wildman–Crippen MR) is 57.5 cm³/mol. The summed E-state index contributed by atoms with van der Waals surface area (Å²) in [4.78, 5) is 2.39. The highest BCUT2D eigenvalue weighted by Crippen LogP contribution is 2.21. The summed E-state index contributed by atoms with van der Waals surface area (Å²) in [5.41, 5.74) is 0. The number of hydrogen-bond acceptors (Lipinski definition) is 3. The summed E-state index contributed by atoms with van der Waals surface area (Å²) >= 11 is 0. The first kappa shape index (κ1) is 10.4. The maximum Gasteiger partial charge on any atom is 0.0704 e. The minimum absolute atomic E-state index is 0.385. The molecule has 4 unspecified atom stereocenters. The fourth-order valence-electron chi connectivity index (χ4n) is 2.64. The van der Waals surface area contributed by atoms with Gasteiger partial charge in [0.1, 0.15) is 0 Å². The SMILES string of the molecule is CC1CC(NC2CCN(C)C2)C(C)O1. The fourth-order valence-corrected chi connectivity index (χ4v) is 2.64. The smallest absolute Gasteiger partial charge is 0.0704 e. The summed E-state index contributed by atoms with van der Waals surface area (Å²) in [6, 6.07) is 1.25. The lowest BCUT2D eigenvalue weighted by atomic mass is 10.1. The van der Waals surface area contributed by atoms with Gasteiger partial charge in [0.25, 0.3) is 0 Å². The van der Waals surface area contributed by atoms with Crippen LogP contribution < -0.4 is 5.32 Å². The van der Waals surface area contributed by atoms with Crippen LogP contribution in [0.1, 0.15) is 26.7 Å². The average Bonchev–Trinajstić information content (AvgIpc) is 2.61. The largest absolute Gasteiger partial charge is 0.374 e. The third-order valence-corrected chi connectivity index (χ3v) is 3.44. The molecular formula is C11H22N2O. The normalized spacial score (nSPS) is 44.8. The summed E-state index contributed by atoms with van der Waals surface area (Å²) in [6.45, 7) is 6.77. The monoisotopic (exact) mass is 198 g/mol. The van der Waals surface area contributed by atoms with Gasteiger partial charge in [0.2, 0.25) is 0 Å². The van der Waals surface area contributed by atoms with Crippen molar-refractivity contribution in [2.24, 2.45) is 0 Å². The molecule has 0 bridgehead atoms. The van der Waals surface area contributed by atoms with Crippen LogP contribution in [-0.4, -0.2) is 49.3 Å². The minimum atomic E-state index is 0.385. The summed E-state index contributed by atoms with van der Waals surface area (Å²) in [7, 11) is 2.19. The lowest BCUT2D eigenvalue weighted by Gasteiger charge is -2.21. The molecule has 2 heterocycles. The van der Waals surface area contributed by atoms with E-state index in [1.54, 1.807) is 0 Å². The number of likely N-dealkylation sites (N-methyl/N-ethyl adjacent to an activating group) is 1. The Morgan fingerprint density at radius 1 is 1.36 bits per heavy atom. The molecule has 0 aliphatic carbocycles. The maximum atomic E-state index is 5.73. The molecule has 3 heteroatoms. The number of ether oxygens (including phenoxy) is 1. The van der Waals surface area contributed by atoms with Crippen molar-refractivity contribution in [2.45, 2.75) is 51.0 Å². The Kier molecular flexibility index (Phi) is 3.10. The van der Waals surface area contributed by atoms with E-state index in [0.717, 1.165) is 0 Å². The third-order valence-electron chi connectivity index (χ3n) is 3.44. The van der Waals surface area contributed by atoms with Crippen molar-refractivity contribution >= 4 is 0 Å². The van der Waals surface area contributed by atoms with E-state index in [1.165, 1.54) is 25.9 Å². The Balaban J connectivity index is 1.80. The van der Waals surface area contributed by atoms with Gasteiger partial charge in [0.05, 0.1) is 12.2 Å². The molecule has 3 nitrogen and oxygen atoms in total. The molecule has 0 aromatic heterocycles. The summed E-state index contributed by atoms with van der Waals surface area (Å²) < 4.78 is 5.73. The molecule has 0 aromatic carbocycles. The summed E-state index contributed by atoms with van der Waals surface area (Å²) in [5.74, 6) is 0. The molecule has 0 amide bonds. The minimum Gasteiger partial charge on any atom is -0.374 e. The summed E-state index contributed by atoms with van der Waals surface area (Å²) in [5, 5.41) is 3.72. The van der Waals surface area contributed by atoms with Crippen LogP contribution in [0.3, 0.4) is 0 Å². The highest BCUT2D eigenvalue weighted by molar-refractivity contribution is 4.89. The second-order valence-corrected chi connectivity index (χ2v) is 4.91. The van der Waals surface area contributed by atoms with E-state index in [0.29, 0.717) is 24.3 Å². The van der Waals surface area contributed by atoms with Gasteiger partial charge < -0.3 is 15.0 Å². The van der Waals surface area contributed by atoms with E-state index in [2.05, 4.69) is 31.1 Å². The second-order valence-electron chi connectivity index (χ2n) is 4.91. The maximum absolute atomic E-state index is 5.73. The molecule has 1 N–H and O–H groups in total. The fraction of sp³-hybridized carbons (Fsp3) is 1.00. The molecule has 0 radical (unpaired) electrons. The van der Waals surface area contributed by atoms with Crippen molar-refractivity contribution in [3.05, 3.63) is 0 Å². The van der Waals surface area contributed by atoms with E-state index >= 15 is 0 Å². The van der Waals surface area contributed by atoms with E-state index in [-0.39, 0.29) is 0 Å². The highest BCUT2D eigenvalue weighted by atomic mass is 16.5. The van der Waals surface area contributed by atoms with E-state index in [9.17, 15) is 0 Å². The molecule has 82 valence electrons. The topological polar surface area (TPSA) is 24.5 Å². The standard InChI is InChI=1S/C11H22N2O/c1-8-6-11(9(2)14-8)12-10-4-5-13(3)7-10/h8-12H,4-7H2,1-3H3. The van der Waals surface area contributed by atoms with Gasteiger partial charge in [0, 0.05) is 18.6 Å². The third kappa shape index (κ3) is 2.27. The average molecular weight is 198 g/mol. The molecule has 4 atom stereocenters. The Labute approximate surface area is 86.8 Å². The van der Waals surface area contributed by atoms with Gasteiger partial charge in [0.15, 0.2) is 0 Å². The lowest BCUT2D eigenvalue weighted by Crippen LogP contribution is -2.43. The molecule has 14 heavy (non-hydrogen) atoms. The van der Waals surface area contributed by atoms with Crippen LogP contribution in [0.5, 0.6) is 0 Å². The molecule has 0 spiro atoms. The van der Waals surface area contributed by atoms with Gasteiger partial charge in [-0.15, -0.1) is 0 Å². The summed E-state index contributed by atoms with van der Waals surface area (Å²) in [6.07, 6.45) is 3.27. The zero-order valence-electron chi connectivity index (χ0n) is 9.49. The Bertz CT molecular complexity index is 198. The van der Waals surface area contributed by atoms with Crippen molar-refractivity contribution in [1.82, 2.24) is 10.2 Å². The van der Waals surface area contributed by atoms with Crippen LogP contribution in [0.15, 0.2) is 0 Å². The van der Waals surface area contributed by atoms with Gasteiger partial charge in [-0.25, -0.2) is 0 Å². The van der Waals surface area contributed by atoms with Crippen LogP contribution in [0.25, 0.3) is 0 Å². The number of nitrogens with zero attached hydrogens (tertiary/aromatic N) is 1. The van der Waals surface area contributed by atoms with E-state index in [4.69, 9.17) is 4.74 Å². The number of likely N-dealkylation sites (tertiary alicyclic amines) is 1. The van der Waals surface area contributed by atoms with Crippen LogP contribution in [0.2, 0.25) is 0 Å². The van der Waals surface area contributed by atoms with Crippen LogP contribution in [0, 0.1) is 0 Å². The highest BCUT2D eigenvalue weighted by Gasteiger charge is 2.32. The zero-order valence-corrected chi connectivity index (χ0v) is 9.49.